The van der Waals surface area contributed by atoms with Gasteiger partial charge in [0.05, 0.1) is 33.8 Å². The SMILES string of the molecule is Cc1cn2cccc2c(N2CC[C@H](N)C2)n1.Cc1cn2cccc2c(N2CC[C@H](NC(=O)c3ncn(-c4ccc(F)cc4)n3)C2)n1.O=C(O)c1ncn(-c2ccc(F)cc2)n1. The molecule has 0 radical (unpaired) electrons. The summed E-state index contributed by atoms with van der Waals surface area (Å²) >= 11 is 0. The number of carboxylic acids is 1. The van der Waals surface area contributed by atoms with Gasteiger partial charge in [-0.2, -0.15) is 0 Å². The summed E-state index contributed by atoms with van der Waals surface area (Å²) < 4.78 is 32.6. The van der Waals surface area contributed by atoms with E-state index < -0.39 is 5.97 Å². The number of carboxylic acid groups (broad SMARTS) is 1. The molecular weight excluding hydrogens is 787 g/mol. The van der Waals surface area contributed by atoms with Crippen LogP contribution in [0.25, 0.3) is 22.4 Å². The first kappa shape index (κ1) is 40.2. The quantitative estimate of drug-likeness (QED) is 0.202. The molecule has 8 heterocycles. The Balaban J connectivity index is 0.000000139. The average Bonchev–Trinajstić information content (AvgIpc) is 4.10. The molecule has 0 spiro atoms. The summed E-state index contributed by atoms with van der Waals surface area (Å²) in [6.07, 6.45) is 12.7. The number of anilines is 2. The number of carbonyl (C=O) groups excluding carboxylic acids is 1. The molecule has 0 unspecified atom stereocenters. The van der Waals surface area contributed by atoms with E-state index in [0.29, 0.717) is 17.9 Å². The third-order valence-electron chi connectivity index (χ3n) is 10.1. The molecule has 2 saturated heterocycles. The van der Waals surface area contributed by atoms with Crippen molar-refractivity contribution in [3.05, 3.63) is 145 Å². The fraction of sp³-hybridized carbons (Fsp3) is 0.238. The lowest BCUT2D eigenvalue weighted by Gasteiger charge is -2.19. The predicted octanol–water partition coefficient (Wildman–Crippen LogP) is 4.66. The second-order valence-corrected chi connectivity index (χ2v) is 14.7. The average molecular weight is 829 g/mol. The van der Waals surface area contributed by atoms with Gasteiger partial charge in [0.15, 0.2) is 11.6 Å². The van der Waals surface area contributed by atoms with Gasteiger partial charge >= 0.3 is 5.97 Å². The molecule has 8 aromatic rings. The first-order valence-corrected chi connectivity index (χ1v) is 19.5. The van der Waals surface area contributed by atoms with Crippen LogP contribution < -0.4 is 20.9 Å². The van der Waals surface area contributed by atoms with E-state index in [9.17, 15) is 18.4 Å². The van der Waals surface area contributed by atoms with Gasteiger partial charge in [0.2, 0.25) is 5.82 Å². The summed E-state index contributed by atoms with van der Waals surface area (Å²) in [5.74, 6) is -0.433. The van der Waals surface area contributed by atoms with Crippen molar-refractivity contribution in [2.24, 2.45) is 5.73 Å². The van der Waals surface area contributed by atoms with Gasteiger partial charge in [0.1, 0.15) is 24.3 Å². The minimum atomic E-state index is -1.20. The van der Waals surface area contributed by atoms with Gasteiger partial charge in [0, 0.05) is 63.1 Å². The van der Waals surface area contributed by atoms with Gasteiger partial charge in [-0.1, -0.05) is 0 Å². The molecule has 0 saturated carbocycles. The van der Waals surface area contributed by atoms with Crippen LogP contribution in [0, 0.1) is 25.5 Å². The highest BCUT2D eigenvalue weighted by Crippen LogP contribution is 2.26. The zero-order chi connectivity index (χ0) is 42.6. The Labute approximate surface area is 347 Å². The van der Waals surface area contributed by atoms with E-state index in [1.807, 2.05) is 38.4 Å². The highest BCUT2D eigenvalue weighted by atomic mass is 19.1. The highest BCUT2D eigenvalue weighted by Gasteiger charge is 2.28. The number of aromatic nitrogens is 10. The Morgan fingerprint density at radius 1 is 0.705 bits per heavy atom. The van der Waals surface area contributed by atoms with Crippen molar-refractivity contribution in [2.75, 3.05) is 36.0 Å². The molecule has 2 aromatic carbocycles. The van der Waals surface area contributed by atoms with Crippen molar-refractivity contribution in [2.45, 2.75) is 38.8 Å². The van der Waals surface area contributed by atoms with Crippen molar-refractivity contribution < 1.29 is 23.5 Å². The van der Waals surface area contributed by atoms with Gasteiger partial charge < -0.3 is 34.8 Å². The number of nitrogens with zero attached hydrogens (tertiary/aromatic N) is 12. The number of aryl methyl sites for hydroxylation is 2. The smallest absolute Gasteiger partial charge is 0.375 e. The summed E-state index contributed by atoms with van der Waals surface area (Å²) in [4.78, 5) is 44.6. The minimum Gasteiger partial charge on any atom is -0.475 e. The van der Waals surface area contributed by atoms with E-state index in [0.717, 1.165) is 61.0 Å². The second kappa shape index (κ2) is 17.4. The van der Waals surface area contributed by atoms with Crippen LogP contribution in [0.15, 0.2) is 110 Å². The normalized spacial score (nSPS) is 16.0. The number of halogens is 2. The fourth-order valence-electron chi connectivity index (χ4n) is 7.23. The van der Waals surface area contributed by atoms with E-state index in [1.165, 1.54) is 63.9 Å². The lowest BCUT2D eigenvalue weighted by atomic mass is 10.2. The van der Waals surface area contributed by atoms with Gasteiger partial charge in [0.25, 0.3) is 11.7 Å². The second-order valence-electron chi connectivity index (χ2n) is 14.7. The molecule has 6 aromatic heterocycles. The van der Waals surface area contributed by atoms with Gasteiger partial charge in [-0.25, -0.2) is 42.9 Å². The molecule has 0 aliphatic carbocycles. The maximum atomic E-state index is 13.1. The minimum absolute atomic E-state index is 0.0207. The fourth-order valence-corrected chi connectivity index (χ4v) is 7.23. The standard InChI is InChI=1S/C21H20FN7O.C12H16N4.C9H6FN3O2/c1-14-11-27-9-2-3-18(27)20(24-14)28-10-8-16(12-28)25-21(30)19-23-13-29(26-19)17-6-4-15(22)5-7-17;1-9-7-15-5-2-3-11(15)12(14-9)16-6-4-10(13)8-16;10-6-1-3-7(4-2-6)13-5-11-8(12-13)9(14)15/h2-7,9,11,13,16H,8,10,12H2,1H3,(H,25,30);2-3,5,7,10H,4,6,8,13H2,1H3;1-5H,(H,14,15)/t16-;10-;/m00./s1. The van der Waals surface area contributed by atoms with E-state index in [1.54, 1.807) is 12.1 Å². The van der Waals surface area contributed by atoms with Crippen molar-refractivity contribution >= 4 is 34.5 Å². The number of benzene rings is 2. The molecule has 2 aliphatic rings. The number of nitrogens with two attached hydrogens (primary N) is 1. The van der Waals surface area contributed by atoms with Crippen LogP contribution in [-0.4, -0.2) is 104 Å². The summed E-state index contributed by atoms with van der Waals surface area (Å²) in [6.45, 7) is 7.40. The molecule has 4 N–H and O–H groups in total. The van der Waals surface area contributed by atoms with E-state index in [2.05, 4.69) is 73.6 Å². The van der Waals surface area contributed by atoms with Crippen molar-refractivity contribution in [1.82, 2.24) is 53.6 Å². The van der Waals surface area contributed by atoms with Gasteiger partial charge in [-0.15, -0.1) is 10.2 Å². The zero-order valence-corrected chi connectivity index (χ0v) is 33.3. The summed E-state index contributed by atoms with van der Waals surface area (Å²) in [7, 11) is 0. The lowest BCUT2D eigenvalue weighted by molar-refractivity contribution is 0.0683. The number of nitrogens with one attached hydrogen (secondary N) is 1. The number of aromatic carboxylic acids is 1. The number of hydrogen-bond donors (Lipinski definition) is 3. The van der Waals surface area contributed by atoms with Crippen molar-refractivity contribution in [3.63, 3.8) is 0 Å². The molecule has 1 amide bonds. The molecule has 0 bridgehead atoms. The molecule has 312 valence electrons. The first-order valence-electron chi connectivity index (χ1n) is 19.5. The molecule has 2 atom stereocenters. The monoisotopic (exact) mass is 828 g/mol. The molecule has 10 rings (SSSR count). The Kier molecular flexibility index (Phi) is 11.5. The number of hydrogen-bond acceptors (Lipinski definition) is 11. The molecule has 19 heteroatoms. The third kappa shape index (κ3) is 9.21. The number of amides is 1. The molecular formula is C42H42F2N14O3. The highest BCUT2D eigenvalue weighted by molar-refractivity contribution is 5.90. The number of rotatable bonds is 7. The summed E-state index contributed by atoms with van der Waals surface area (Å²) in [5, 5.41) is 19.5. The van der Waals surface area contributed by atoms with Crippen LogP contribution in [-0.2, 0) is 0 Å². The van der Waals surface area contributed by atoms with Crippen LogP contribution in [0.1, 0.15) is 45.5 Å². The Morgan fingerprint density at radius 2 is 1.20 bits per heavy atom. The third-order valence-corrected chi connectivity index (χ3v) is 10.1. The van der Waals surface area contributed by atoms with Gasteiger partial charge in [-0.05, 0) is 99.5 Å². The molecule has 17 nitrogen and oxygen atoms in total. The van der Waals surface area contributed by atoms with Crippen LogP contribution in [0.4, 0.5) is 20.4 Å². The Bertz CT molecular complexity index is 2800. The van der Waals surface area contributed by atoms with Gasteiger partial charge in [-0.3, -0.25) is 4.79 Å². The van der Waals surface area contributed by atoms with E-state index in [4.69, 9.17) is 15.8 Å². The Hall–Kier alpha value is -7.54. The van der Waals surface area contributed by atoms with Crippen molar-refractivity contribution in [3.8, 4) is 11.4 Å². The van der Waals surface area contributed by atoms with E-state index in [-0.39, 0.29) is 41.3 Å². The van der Waals surface area contributed by atoms with Crippen LogP contribution in [0.3, 0.4) is 0 Å². The van der Waals surface area contributed by atoms with Crippen LogP contribution >= 0.6 is 0 Å². The zero-order valence-electron chi connectivity index (χ0n) is 33.3. The number of fused-ring (bicyclic) bond motifs is 2. The Morgan fingerprint density at radius 3 is 1.69 bits per heavy atom. The molecule has 2 fully saturated rings. The van der Waals surface area contributed by atoms with E-state index >= 15 is 0 Å². The summed E-state index contributed by atoms with van der Waals surface area (Å²) in [5.41, 5.74) is 11.3. The molecule has 2 aliphatic heterocycles. The lowest BCUT2D eigenvalue weighted by Crippen LogP contribution is -2.37. The maximum absolute atomic E-state index is 13.1. The molecule has 61 heavy (non-hydrogen) atoms. The van der Waals surface area contributed by atoms with Crippen molar-refractivity contribution in [1.29, 1.82) is 0 Å². The topological polar surface area (TPSA) is 195 Å². The maximum Gasteiger partial charge on any atom is 0.375 e. The predicted molar refractivity (Wildman–Crippen MR) is 222 cm³/mol. The first-order chi connectivity index (χ1) is 29.5. The number of carbonyl (C=O) groups is 2. The summed E-state index contributed by atoms with van der Waals surface area (Å²) in [6, 6.07) is 19.8. The van der Waals surface area contributed by atoms with Crippen LogP contribution in [0.2, 0.25) is 0 Å². The largest absolute Gasteiger partial charge is 0.475 e. The van der Waals surface area contributed by atoms with Crippen LogP contribution in [0.5, 0.6) is 0 Å².